The van der Waals surface area contributed by atoms with Crippen LogP contribution in [0.5, 0.6) is 0 Å². The number of hydrogen-bond donors (Lipinski definition) is 0. The largest absolute Gasteiger partial charge is 2.00 e. The van der Waals surface area contributed by atoms with Crippen LogP contribution in [0.4, 0.5) is 23.3 Å². The maximum Gasteiger partial charge on any atom is 2.00 e. The Bertz CT molecular complexity index is 2530. The molecule has 5 aromatic heterocycles. The minimum absolute atomic E-state index is 0. The van der Waals surface area contributed by atoms with Gasteiger partial charge in [0.05, 0.1) is 36.4 Å². The molecule has 0 fully saturated rings. The zero-order chi connectivity index (χ0) is 52.0. The monoisotopic (exact) mass is 1480 g/mol. The number of imidazole rings is 1. The van der Waals surface area contributed by atoms with Crippen molar-refractivity contribution in [2.75, 3.05) is 13.1 Å². The molecule has 10 rings (SSSR count). The van der Waals surface area contributed by atoms with Gasteiger partial charge in [-0.2, -0.15) is 6.67 Å². The molecule has 0 saturated heterocycles. The summed E-state index contributed by atoms with van der Waals surface area (Å²) in [5.41, 5.74) is 3.81. The number of unbranched alkanes of at least 4 members (excludes halogenated alkanes) is 4. The van der Waals surface area contributed by atoms with Crippen LogP contribution in [0.25, 0.3) is 10.6 Å². The molecule has 0 spiro atoms. The van der Waals surface area contributed by atoms with Crippen molar-refractivity contribution < 1.29 is 44.4 Å². The molecule has 0 bridgehead atoms. The maximum atomic E-state index is 4.61. The molecule has 0 saturated carbocycles. The van der Waals surface area contributed by atoms with E-state index >= 15 is 0 Å². The van der Waals surface area contributed by atoms with Crippen molar-refractivity contribution in [3.8, 4) is 0 Å². The molecule has 0 atom stereocenters. The van der Waals surface area contributed by atoms with Gasteiger partial charge in [-0.05, 0) is 122 Å². The summed E-state index contributed by atoms with van der Waals surface area (Å²) in [6.07, 6.45) is 28.0. The van der Waals surface area contributed by atoms with E-state index in [1.807, 2.05) is 121 Å². The number of benzene rings is 2. The average Bonchev–Trinajstić information content (AvgIpc) is 4.28. The van der Waals surface area contributed by atoms with Gasteiger partial charge in [0.25, 0.3) is 0 Å². The Kier molecular flexibility index (Phi) is 32.0. The number of hydrogen-bond acceptors (Lipinski definition) is 10. The molecule has 3 aliphatic rings. The molecule has 0 radical (unpaired) electrons. The van der Waals surface area contributed by atoms with Crippen LogP contribution in [0, 0.1) is 6.67 Å². The topological polar surface area (TPSA) is 144 Å². The minimum atomic E-state index is 0. The Morgan fingerprint density at radius 3 is 1.13 bits per heavy atom. The van der Waals surface area contributed by atoms with E-state index in [-0.39, 0.29) is 45.5 Å². The molecule has 7 aromatic rings. The molecule has 2 aromatic carbocycles. The second kappa shape index (κ2) is 37.7. The second-order valence-electron chi connectivity index (χ2n) is 17.0. The van der Waals surface area contributed by atoms with Crippen LogP contribution >= 0.6 is 26.4 Å². The molecule has 8 heterocycles. The molecule has 0 unspecified atom stereocenters. The molecule has 0 N–H and O–H groups in total. The van der Waals surface area contributed by atoms with Gasteiger partial charge in [-0.1, -0.05) is 134 Å². The van der Waals surface area contributed by atoms with Gasteiger partial charge in [-0.15, -0.1) is 17.0 Å². The first-order valence-corrected chi connectivity index (χ1v) is 28.2. The first-order chi connectivity index (χ1) is 36.5. The van der Waals surface area contributed by atoms with Gasteiger partial charge in [0, 0.05) is 48.1 Å². The van der Waals surface area contributed by atoms with E-state index in [0.717, 1.165) is 48.4 Å². The summed E-state index contributed by atoms with van der Waals surface area (Å²) in [4.78, 5) is 39.6. The fourth-order valence-electron chi connectivity index (χ4n) is 7.41. The van der Waals surface area contributed by atoms with E-state index in [4.69, 9.17) is 0 Å². The number of fused-ring (bicyclic) bond motifs is 2. The van der Waals surface area contributed by atoms with Gasteiger partial charge in [-0.25, -0.2) is 9.13 Å². The minimum Gasteiger partial charge on any atom is -0.357 e. The summed E-state index contributed by atoms with van der Waals surface area (Å²) in [6, 6.07) is 38.2. The van der Waals surface area contributed by atoms with Crippen LogP contribution in [-0.2, 0) is 52.9 Å². The van der Waals surface area contributed by atoms with E-state index in [0.29, 0.717) is 46.6 Å². The van der Waals surface area contributed by atoms with E-state index in [1.165, 1.54) is 51.4 Å². The summed E-state index contributed by atoms with van der Waals surface area (Å²) in [6.45, 7) is 15.8. The summed E-state index contributed by atoms with van der Waals surface area (Å²) in [7, 11) is 4.61. The predicted octanol–water partition coefficient (Wildman–Crippen LogP) is 15.1. The Labute approximate surface area is 497 Å². The first kappa shape index (κ1) is 65.3. The summed E-state index contributed by atoms with van der Waals surface area (Å²) < 4.78 is 4.55. The van der Waals surface area contributed by atoms with Crippen molar-refractivity contribution >= 4 is 73.0 Å². The standard InChI is InChI=1S/2C18H12N5.2C11H21N2.CH4.BrH.ClH.2Pt/c2*1-2-8-14-13(7-1)17(21-15-9-3-5-11-19-15)23-18(14)22-16-10-4-6-12-20-16;2*1-3-5-7-12-9-10-13(11-12)8-6-4-2;;;;;/h2*1-12H;2*9-11H,3-8H2,1-2H3;1H4;2*1H;;/q3*-1;+1;;;;2*+2/p-1. The number of halogens is 2. The summed E-state index contributed by atoms with van der Waals surface area (Å²) in [5, 5.41) is 9.13. The normalized spacial score (nSPS) is 14.3. The SMILES string of the molecule is Br.C.CCCCN1C=CN(CCCC)[CH-]1.CCCCn1cc[n+](CCCC)c1.[Cl][Pt+].[Pt+2].c1ccc(N=C2[N-]C(=Nc3ccccn3)c3ccccc32)nc1.c1ccc(N=C2[N-]C(=Nc3ccccn3)c3ccccc32)nc1. The van der Waals surface area contributed by atoms with Crippen molar-refractivity contribution in [3.63, 3.8) is 0 Å². The van der Waals surface area contributed by atoms with E-state index in [2.05, 4.69) is 144 Å². The zero-order valence-electron chi connectivity index (χ0n) is 43.5. The fraction of sp³-hybridized carbons (Fsp3) is 0.288. The van der Waals surface area contributed by atoms with Crippen molar-refractivity contribution in [2.24, 2.45) is 20.0 Å². The Morgan fingerprint density at radius 1 is 0.494 bits per heavy atom. The molecule has 3 aliphatic heterocycles. The number of aliphatic imine (C=N–C) groups is 4. The van der Waals surface area contributed by atoms with Crippen LogP contribution < -0.4 is 4.57 Å². The molecule has 0 amide bonds. The van der Waals surface area contributed by atoms with Crippen molar-refractivity contribution in [3.05, 3.63) is 217 Å². The van der Waals surface area contributed by atoms with E-state index in [1.54, 1.807) is 43.6 Å². The van der Waals surface area contributed by atoms with Crippen LogP contribution in [0.15, 0.2) is 197 Å². The average molecular weight is 1480 g/mol. The van der Waals surface area contributed by atoms with Crippen LogP contribution in [0.2, 0.25) is 0 Å². The Balaban J connectivity index is 0.000000273. The predicted molar refractivity (Wildman–Crippen MR) is 315 cm³/mol. The number of rotatable bonds is 16. The third-order valence-corrected chi connectivity index (χ3v) is 11.3. The smallest absolute Gasteiger partial charge is 0.357 e. The number of aryl methyl sites for hydroxylation is 2. The number of nitrogens with zero attached hydrogens (tertiary/aromatic N) is 14. The third-order valence-electron chi connectivity index (χ3n) is 11.3. The second-order valence-corrected chi connectivity index (χ2v) is 17.0. The summed E-state index contributed by atoms with van der Waals surface area (Å²) in [5.74, 6) is 4.98. The molecular weight excluding hydrogens is 1410 g/mol. The number of pyridine rings is 4. The van der Waals surface area contributed by atoms with Gasteiger partial charge in [0.2, 0.25) is 6.33 Å². The molecule has 14 nitrogen and oxygen atoms in total. The molecule has 18 heteroatoms. The third kappa shape index (κ3) is 21.8. The molecule has 0 aliphatic carbocycles. The van der Waals surface area contributed by atoms with E-state index in [9.17, 15) is 0 Å². The van der Waals surface area contributed by atoms with Gasteiger partial charge < -0.3 is 40.4 Å². The molecule has 410 valence electrons. The van der Waals surface area contributed by atoms with Crippen molar-refractivity contribution in [1.82, 2.24) is 34.3 Å². The molecule has 77 heavy (non-hydrogen) atoms. The van der Waals surface area contributed by atoms with Gasteiger partial charge >= 0.3 is 49.3 Å². The number of amidine groups is 4. The van der Waals surface area contributed by atoms with Crippen LogP contribution in [0.3, 0.4) is 0 Å². The van der Waals surface area contributed by atoms with Crippen molar-refractivity contribution in [2.45, 2.75) is 99.6 Å². The van der Waals surface area contributed by atoms with Crippen LogP contribution in [-0.4, -0.2) is 70.7 Å². The summed E-state index contributed by atoms with van der Waals surface area (Å²) >= 11 is 1.61. The first-order valence-electron chi connectivity index (χ1n) is 25.4. The fourth-order valence-corrected chi connectivity index (χ4v) is 7.41. The maximum absolute atomic E-state index is 4.61. The Morgan fingerprint density at radius 2 is 0.818 bits per heavy atom. The van der Waals surface area contributed by atoms with Gasteiger partial charge in [0.15, 0.2) is 0 Å². The van der Waals surface area contributed by atoms with Gasteiger partial charge in [-0.3, -0.25) is 19.9 Å². The van der Waals surface area contributed by atoms with Crippen LogP contribution in [0.1, 0.15) is 109 Å². The molecular formula is C59H71BrClN14Pt2+. The van der Waals surface area contributed by atoms with Crippen molar-refractivity contribution in [1.29, 1.82) is 0 Å². The number of aromatic nitrogens is 6. The quantitative estimate of drug-likeness (QED) is 0.0696. The van der Waals surface area contributed by atoms with Gasteiger partial charge in [0.1, 0.15) is 12.4 Å². The van der Waals surface area contributed by atoms with E-state index < -0.39 is 0 Å². The zero-order valence-corrected chi connectivity index (χ0v) is 50.5. The Hall–Kier alpha value is -5.98.